The highest BCUT2D eigenvalue weighted by molar-refractivity contribution is 5.35. The van der Waals surface area contributed by atoms with Crippen LogP contribution in [0, 0.1) is 0 Å². The zero-order chi connectivity index (χ0) is 15.3. The lowest BCUT2D eigenvalue weighted by atomic mass is 10.0. The first kappa shape index (κ1) is 16.3. The van der Waals surface area contributed by atoms with Crippen molar-refractivity contribution in [3.63, 3.8) is 0 Å². The Kier molecular flexibility index (Phi) is 5.65. The molecule has 1 aromatic rings. The molecule has 0 radical (unpaired) electrons. The molecule has 21 heavy (non-hydrogen) atoms. The van der Waals surface area contributed by atoms with Crippen molar-refractivity contribution in [1.29, 1.82) is 0 Å². The second kappa shape index (κ2) is 7.28. The van der Waals surface area contributed by atoms with Gasteiger partial charge in [0.05, 0.1) is 19.3 Å². The van der Waals surface area contributed by atoms with Crippen LogP contribution in [-0.4, -0.2) is 25.3 Å². The van der Waals surface area contributed by atoms with Gasteiger partial charge in [0.1, 0.15) is 5.75 Å². The lowest BCUT2D eigenvalue weighted by Gasteiger charge is -2.28. The highest BCUT2D eigenvalue weighted by Crippen LogP contribution is 2.32. The third kappa shape index (κ3) is 5.01. The average Bonchev–Trinajstić information content (AvgIpc) is 2.95. The number of rotatable bonds is 6. The fourth-order valence-electron chi connectivity index (χ4n) is 2.82. The second-order valence-corrected chi connectivity index (χ2v) is 6.90. The molecule has 2 rings (SSSR count). The molecule has 3 heteroatoms. The first-order chi connectivity index (χ1) is 9.99. The van der Waals surface area contributed by atoms with Crippen molar-refractivity contribution in [3.8, 4) is 5.75 Å². The summed E-state index contributed by atoms with van der Waals surface area (Å²) in [5.74, 6) is 0.913. The van der Waals surface area contributed by atoms with Gasteiger partial charge in [-0.1, -0.05) is 31.0 Å². The third-order valence-corrected chi connectivity index (χ3v) is 3.96. The van der Waals surface area contributed by atoms with E-state index in [4.69, 9.17) is 9.47 Å². The monoisotopic (exact) mass is 291 g/mol. The molecule has 1 aliphatic rings. The SMILES string of the molecule is COc1ccccc1C(CNC(C)(C)C)OC1CCCC1. The number of para-hydroxylation sites is 1. The van der Waals surface area contributed by atoms with Crippen molar-refractivity contribution in [2.45, 2.75) is 64.2 Å². The van der Waals surface area contributed by atoms with Gasteiger partial charge in [0, 0.05) is 17.6 Å². The van der Waals surface area contributed by atoms with Gasteiger partial charge in [0.25, 0.3) is 0 Å². The Labute approximate surface area is 129 Å². The molecule has 1 aliphatic carbocycles. The molecule has 0 spiro atoms. The van der Waals surface area contributed by atoms with Gasteiger partial charge >= 0.3 is 0 Å². The van der Waals surface area contributed by atoms with Crippen molar-refractivity contribution in [2.75, 3.05) is 13.7 Å². The number of nitrogens with one attached hydrogen (secondary N) is 1. The maximum atomic E-state index is 6.39. The molecule has 0 saturated heterocycles. The molecule has 3 nitrogen and oxygen atoms in total. The van der Waals surface area contributed by atoms with E-state index in [-0.39, 0.29) is 11.6 Å². The van der Waals surface area contributed by atoms with E-state index in [0.717, 1.165) is 17.9 Å². The van der Waals surface area contributed by atoms with Crippen molar-refractivity contribution >= 4 is 0 Å². The molecule has 0 aliphatic heterocycles. The highest BCUT2D eigenvalue weighted by Gasteiger charge is 2.25. The summed E-state index contributed by atoms with van der Waals surface area (Å²) in [4.78, 5) is 0. The number of hydrogen-bond acceptors (Lipinski definition) is 3. The molecule has 1 atom stereocenters. The Morgan fingerprint density at radius 1 is 1.19 bits per heavy atom. The van der Waals surface area contributed by atoms with Crippen LogP contribution in [0.5, 0.6) is 5.75 Å². The van der Waals surface area contributed by atoms with E-state index in [2.05, 4.69) is 38.2 Å². The van der Waals surface area contributed by atoms with Crippen molar-refractivity contribution in [2.24, 2.45) is 0 Å². The number of hydrogen-bond donors (Lipinski definition) is 1. The van der Waals surface area contributed by atoms with Crippen molar-refractivity contribution in [3.05, 3.63) is 29.8 Å². The van der Waals surface area contributed by atoms with Crippen molar-refractivity contribution < 1.29 is 9.47 Å². The maximum Gasteiger partial charge on any atom is 0.124 e. The first-order valence-electron chi connectivity index (χ1n) is 8.03. The normalized spacial score (nSPS) is 17.9. The number of methoxy groups -OCH3 is 1. The summed E-state index contributed by atoms with van der Waals surface area (Å²) in [7, 11) is 1.72. The summed E-state index contributed by atoms with van der Waals surface area (Å²) < 4.78 is 11.9. The van der Waals surface area contributed by atoms with Crippen LogP contribution in [-0.2, 0) is 4.74 Å². The fourth-order valence-corrected chi connectivity index (χ4v) is 2.82. The molecule has 1 fully saturated rings. The zero-order valence-corrected chi connectivity index (χ0v) is 13.8. The van der Waals surface area contributed by atoms with Gasteiger partial charge in [0.15, 0.2) is 0 Å². The molecular formula is C18H29NO2. The first-order valence-corrected chi connectivity index (χ1v) is 8.03. The van der Waals surface area contributed by atoms with Gasteiger partial charge in [-0.2, -0.15) is 0 Å². The Bertz CT molecular complexity index is 433. The fraction of sp³-hybridized carbons (Fsp3) is 0.667. The standard InChI is InChI=1S/C18H29NO2/c1-18(2,3)19-13-17(21-14-9-5-6-10-14)15-11-7-8-12-16(15)20-4/h7-8,11-12,14,17,19H,5-6,9-10,13H2,1-4H3. The van der Waals surface area contributed by atoms with E-state index in [1.807, 2.05) is 12.1 Å². The summed E-state index contributed by atoms with van der Waals surface area (Å²) in [5.41, 5.74) is 1.22. The smallest absolute Gasteiger partial charge is 0.124 e. The topological polar surface area (TPSA) is 30.5 Å². The van der Waals surface area contributed by atoms with Crippen LogP contribution >= 0.6 is 0 Å². The van der Waals surface area contributed by atoms with Crippen molar-refractivity contribution in [1.82, 2.24) is 5.32 Å². The quantitative estimate of drug-likeness (QED) is 0.856. The molecule has 0 amide bonds. The summed E-state index contributed by atoms with van der Waals surface area (Å²) in [6.07, 6.45) is 5.37. The van der Waals surface area contributed by atoms with Gasteiger partial charge in [-0.3, -0.25) is 0 Å². The molecule has 0 bridgehead atoms. The molecule has 1 aromatic carbocycles. The van der Waals surface area contributed by atoms with E-state index >= 15 is 0 Å². The number of ether oxygens (including phenoxy) is 2. The van der Waals surface area contributed by atoms with Crippen LogP contribution in [0.1, 0.15) is 58.1 Å². The molecule has 1 unspecified atom stereocenters. The van der Waals surface area contributed by atoms with Crippen LogP contribution in [0.2, 0.25) is 0 Å². The molecule has 1 saturated carbocycles. The van der Waals surface area contributed by atoms with Crippen LogP contribution < -0.4 is 10.1 Å². The predicted octanol–water partition coefficient (Wildman–Crippen LogP) is 4.08. The zero-order valence-electron chi connectivity index (χ0n) is 13.8. The van der Waals surface area contributed by atoms with E-state index in [9.17, 15) is 0 Å². The molecule has 0 heterocycles. The van der Waals surface area contributed by atoms with E-state index in [1.165, 1.54) is 25.7 Å². The van der Waals surface area contributed by atoms with Crippen LogP contribution in [0.15, 0.2) is 24.3 Å². The minimum absolute atomic E-state index is 0.0449. The lowest BCUT2D eigenvalue weighted by molar-refractivity contribution is -0.0125. The van der Waals surface area contributed by atoms with Gasteiger partial charge < -0.3 is 14.8 Å². The summed E-state index contributed by atoms with van der Waals surface area (Å²) in [6.45, 7) is 7.35. The van der Waals surface area contributed by atoms with E-state index < -0.39 is 0 Å². The Hall–Kier alpha value is -1.06. The van der Waals surface area contributed by atoms with Crippen LogP contribution in [0.3, 0.4) is 0 Å². The average molecular weight is 291 g/mol. The Balaban J connectivity index is 2.13. The maximum absolute atomic E-state index is 6.39. The largest absolute Gasteiger partial charge is 0.496 e. The molecule has 0 aromatic heterocycles. The molecule has 1 N–H and O–H groups in total. The predicted molar refractivity (Wildman–Crippen MR) is 86.8 cm³/mol. The summed E-state index contributed by atoms with van der Waals surface area (Å²) in [6, 6.07) is 8.19. The van der Waals surface area contributed by atoms with Crippen LogP contribution in [0.4, 0.5) is 0 Å². The lowest BCUT2D eigenvalue weighted by Crippen LogP contribution is -2.39. The van der Waals surface area contributed by atoms with Gasteiger partial charge in [-0.25, -0.2) is 0 Å². The van der Waals surface area contributed by atoms with Gasteiger partial charge in [-0.05, 0) is 39.7 Å². The third-order valence-electron chi connectivity index (χ3n) is 3.96. The van der Waals surface area contributed by atoms with E-state index in [0.29, 0.717) is 6.10 Å². The van der Waals surface area contributed by atoms with Gasteiger partial charge in [-0.15, -0.1) is 0 Å². The van der Waals surface area contributed by atoms with Gasteiger partial charge in [0.2, 0.25) is 0 Å². The minimum Gasteiger partial charge on any atom is -0.496 e. The Morgan fingerprint density at radius 2 is 1.86 bits per heavy atom. The molecular weight excluding hydrogens is 262 g/mol. The van der Waals surface area contributed by atoms with Crippen LogP contribution in [0.25, 0.3) is 0 Å². The minimum atomic E-state index is 0.0449. The highest BCUT2D eigenvalue weighted by atomic mass is 16.5. The number of benzene rings is 1. The van der Waals surface area contributed by atoms with E-state index in [1.54, 1.807) is 7.11 Å². The summed E-state index contributed by atoms with van der Waals surface area (Å²) in [5, 5.41) is 3.57. The molecule has 118 valence electrons. The Morgan fingerprint density at radius 3 is 2.48 bits per heavy atom. The second-order valence-electron chi connectivity index (χ2n) is 6.90. The summed E-state index contributed by atoms with van der Waals surface area (Å²) >= 11 is 0.